The molecule has 0 aliphatic carbocycles. The van der Waals surface area contributed by atoms with Gasteiger partial charge in [-0.3, -0.25) is 0 Å². The molecule has 0 saturated carbocycles. The van der Waals surface area contributed by atoms with E-state index in [0.29, 0.717) is 34.0 Å². The van der Waals surface area contributed by atoms with Gasteiger partial charge in [-0.15, -0.1) is 0 Å². The molecule has 0 atom stereocenters. The zero-order valence-corrected chi connectivity index (χ0v) is 17.0. The number of hydrogen-bond acceptors (Lipinski definition) is 3. The van der Waals surface area contributed by atoms with E-state index >= 15 is 0 Å². The second kappa shape index (κ2) is 6.64. The first-order chi connectivity index (χ1) is 13.1. The Hall–Kier alpha value is -3.40. The van der Waals surface area contributed by atoms with Crippen LogP contribution in [0.15, 0.2) is 78.7 Å². The summed E-state index contributed by atoms with van der Waals surface area (Å²) in [4.78, 5) is 1.74. The molecule has 2 heterocycles. The number of aryl methyl sites for hydroxylation is 2. The van der Waals surface area contributed by atoms with Crippen molar-refractivity contribution in [3.63, 3.8) is 0 Å². The summed E-state index contributed by atoms with van der Waals surface area (Å²) in [5.41, 5.74) is 4.43. The molecule has 1 aliphatic rings. The molecule has 0 saturated heterocycles. The Balaban J connectivity index is 2.42. The van der Waals surface area contributed by atoms with Crippen LogP contribution in [-0.4, -0.2) is 14.6 Å². The molecule has 0 unspecified atom stereocenters. The van der Waals surface area contributed by atoms with E-state index in [1.165, 1.54) is 0 Å². The van der Waals surface area contributed by atoms with Crippen LogP contribution in [0.4, 0.5) is 0 Å². The summed E-state index contributed by atoms with van der Waals surface area (Å²) in [5, 5.41) is 13.7. The molecule has 3 rings (SSSR count). The fourth-order valence-electron chi connectivity index (χ4n) is 3.52. The fourth-order valence-corrected chi connectivity index (χ4v) is 3.52. The Bertz CT molecular complexity index is 1220. The van der Waals surface area contributed by atoms with Crippen molar-refractivity contribution in [1.29, 1.82) is 0 Å². The number of allylic oxidation sites excluding steroid dienone is 2. The van der Waals surface area contributed by atoms with E-state index in [1.807, 2.05) is 37.6 Å². The van der Waals surface area contributed by atoms with Gasteiger partial charge in [-0.05, 0) is 38.5 Å². The van der Waals surface area contributed by atoms with Gasteiger partial charge in [-0.1, -0.05) is 44.5 Å². The second-order valence-corrected chi connectivity index (χ2v) is 7.19. The third kappa shape index (κ3) is 2.78. The number of aliphatic hydroxyl groups is 1. The molecule has 1 aliphatic heterocycles. The van der Waals surface area contributed by atoms with Gasteiger partial charge >= 0.3 is 0 Å². The smallest absolute Gasteiger partial charge is 0.167 e. The van der Waals surface area contributed by atoms with E-state index < -0.39 is 0 Å². The van der Waals surface area contributed by atoms with Crippen LogP contribution in [0.25, 0.3) is 23.2 Å². The fraction of sp³-hybridized carbons (Fsp3) is 0.167. The predicted molar refractivity (Wildman–Crippen MR) is 116 cm³/mol. The molecule has 0 bridgehead atoms. The highest BCUT2D eigenvalue weighted by Crippen LogP contribution is 2.37. The standard InChI is InChI=1S/C24H26N2O2/c1-13(2)16(5)26-17(6)18(7)28-19(8)23(26)24(27)22-15(4)20-12-14(3)10-11-21(20)25(22)9/h10-12,27H,1,4-7H2,2-3,8-9H3/b24-22-. The van der Waals surface area contributed by atoms with E-state index in [4.69, 9.17) is 4.74 Å². The zero-order chi connectivity index (χ0) is 20.9. The third-order valence-electron chi connectivity index (χ3n) is 5.10. The summed E-state index contributed by atoms with van der Waals surface area (Å²) in [5.74, 6) is 0.937. The lowest BCUT2D eigenvalue weighted by Crippen LogP contribution is -2.35. The summed E-state index contributed by atoms with van der Waals surface area (Å²) >= 11 is 0. The van der Waals surface area contributed by atoms with Crippen LogP contribution >= 0.6 is 0 Å². The van der Waals surface area contributed by atoms with Gasteiger partial charge in [0.15, 0.2) is 5.76 Å². The minimum Gasteiger partial charge on any atom is -0.504 e. The minimum absolute atomic E-state index is 0.0369. The molecule has 0 amide bonds. The van der Waals surface area contributed by atoms with Gasteiger partial charge < -0.3 is 19.3 Å². The average molecular weight is 374 g/mol. The van der Waals surface area contributed by atoms with E-state index in [9.17, 15) is 5.11 Å². The summed E-state index contributed by atoms with van der Waals surface area (Å²) in [6, 6.07) is 6.14. The molecule has 1 aromatic carbocycles. The number of ether oxygens (including phenoxy) is 1. The Morgan fingerprint density at radius 3 is 2.36 bits per heavy atom. The SMILES string of the molecule is C=C(C)C(=C)N1C(=C)C(=C)OC(C)=C1/C(O)=c1\c(=C)c2cc(C)ccc2n1C. The molecule has 0 fully saturated rings. The topological polar surface area (TPSA) is 37.6 Å². The lowest BCUT2D eigenvalue weighted by Gasteiger charge is -2.36. The van der Waals surface area contributed by atoms with Gasteiger partial charge in [0, 0.05) is 28.9 Å². The van der Waals surface area contributed by atoms with Gasteiger partial charge in [0.05, 0.1) is 11.0 Å². The number of hydrogen-bond donors (Lipinski definition) is 1. The molecular weight excluding hydrogens is 348 g/mol. The number of nitrogens with zero attached hydrogens (tertiary/aromatic N) is 2. The summed E-state index contributed by atoms with van der Waals surface area (Å²) in [6.07, 6.45) is 0. The molecule has 1 N–H and O–H groups in total. The van der Waals surface area contributed by atoms with Crippen LogP contribution in [0, 0.1) is 6.92 Å². The molecule has 28 heavy (non-hydrogen) atoms. The maximum absolute atomic E-state index is 11.4. The maximum atomic E-state index is 11.4. The van der Waals surface area contributed by atoms with E-state index in [-0.39, 0.29) is 5.76 Å². The van der Waals surface area contributed by atoms with Crippen molar-refractivity contribution in [2.45, 2.75) is 20.8 Å². The molecule has 4 heteroatoms. The van der Waals surface area contributed by atoms with Crippen LogP contribution in [0.1, 0.15) is 19.4 Å². The van der Waals surface area contributed by atoms with E-state index in [2.05, 4.69) is 39.0 Å². The minimum atomic E-state index is 0.0369. The highest BCUT2D eigenvalue weighted by molar-refractivity contribution is 5.83. The van der Waals surface area contributed by atoms with Crippen molar-refractivity contribution in [3.05, 3.63) is 94.8 Å². The summed E-state index contributed by atoms with van der Waals surface area (Å²) < 4.78 is 7.68. The molecule has 2 aromatic rings. The Kier molecular flexibility index (Phi) is 4.59. The molecular formula is C24H26N2O2. The second-order valence-electron chi connectivity index (χ2n) is 7.19. The van der Waals surface area contributed by atoms with Crippen molar-refractivity contribution in [2.75, 3.05) is 0 Å². The highest BCUT2D eigenvalue weighted by atomic mass is 16.5. The van der Waals surface area contributed by atoms with Crippen LogP contribution in [-0.2, 0) is 11.8 Å². The van der Waals surface area contributed by atoms with Crippen LogP contribution < -0.4 is 10.6 Å². The lowest BCUT2D eigenvalue weighted by atomic mass is 10.1. The Morgan fingerprint density at radius 1 is 1.11 bits per heavy atom. The van der Waals surface area contributed by atoms with Crippen molar-refractivity contribution >= 4 is 23.2 Å². The zero-order valence-electron chi connectivity index (χ0n) is 17.0. The van der Waals surface area contributed by atoms with Gasteiger partial charge in [-0.25, -0.2) is 0 Å². The Labute approximate surface area is 165 Å². The first-order valence-electron chi connectivity index (χ1n) is 8.95. The lowest BCUT2D eigenvalue weighted by molar-refractivity contribution is 0.253. The monoisotopic (exact) mass is 374 g/mol. The normalized spacial score (nSPS) is 15.8. The van der Waals surface area contributed by atoms with Crippen LogP contribution in [0.2, 0.25) is 0 Å². The number of fused-ring (bicyclic) bond motifs is 1. The molecule has 0 spiro atoms. The van der Waals surface area contributed by atoms with Gasteiger partial charge in [-0.2, -0.15) is 0 Å². The Morgan fingerprint density at radius 2 is 1.75 bits per heavy atom. The number of aromatic nitrogens is 1. The average Bonchev–Trinajstić information content (AvgIpc) is 2.86. The number of aliphatic hydroxyl groups excluding tert-OH is 1. The molecule has 4 nitrogen and oxygen atoms in total. The summed E-state index contributed by atoms with van der Waals surface area (Å²) in [7, 11) is 1.91. The molecule has 144 valence electrons. The maximum Gasteiger partial charge on any atom is 0.167 e. The van der Waals surface area contributed by atoms with Crippen LogP contribution in [0.5, 0.6) is 0 Å². The number of rotatable bonds is 3. The first kappa shape index (κ1) is 19.4. The largest absolute Gasteiger partial charge is 0.504 e. The summed E-state index contributed by atoms with van der Waals surface area (Å²) in [6.45, 7) is 25.9. The first-order valence-corrected chi connectivity index (χ1v) is 8.95. The van der Waals surface area contributed by atoms with Gasteiger partial charge in [0.25, 0.3) is 0 Å². The van der Waals surface area contributed by atoms with E-state index in [0.717, 1.165) is 27.3 Å². The van der Waals surface area contributed by atoms with Crippen molar-refractivity contribution < 1.29 is 9.84 Å². The van der Waals surface area contributed by atoms with E-state index in [1.54, 1.807) is 11.8 Å². The van der Waals surface area contributed by atoms with Gasteiger partial charge in [0.2, 0.25) is 0 Å². The van der Waals surface area contributed by atoms with Crippen molar-refractivity contribution in [1.82, 2.24) is 9.47 Å². The van der Waals surface area contributed by atoms with Crippen LogP contribution in [0.3, 0.4) is 0 Å². The molecule has 0 radical (unpaired) electrons. The van der Waals surface area contributed by atoms with Crippen molar-refractivity contribution in [2.24, 2.45) is 7.05 Å². The van der Waals surface area contributed by atoms with Gasteiger partial charge in [0.1, 0.15) is 17.2 Å². The third-order valence-corrected chi connectivity index (χ3v) is 5.10. The predicted octanol–water partition coefficient (Wildman–Crippen LogP) is 4.24. The highest BCUT2D eigenvalue weighted by Gasteiger charge is 2.31. The van der Waals surface area contributed by atoms with Crippen molar-refractivity contribution in [3.8, 4) is 0 Å². The molecule has 1 aromatic heterocycles. The quantitative estimate of drug-likeness (QED) is 0.817. The number of benzene rings is 1.